The summed E-state index contributed by atoms with van der Waals surface area (Å²) >= 11 is 0. The summed E-state index contributed by atoms with van der Waals surface area (Å²) in [6.45, 7) is 4.22. The zero-order valence-corrected chi connectivity index (χ0v) is 12.7. The number of nitrogens with one attached hydrogen (secondary N) is 1. The summed E-state index contributed by atoms with van der Waals surface area (Å²) in [6, 6.07) is 8.30. The Morgan fingerprint density at radius 2 is 1.95 bits per heavy atom. The number of amides is 2. The number of piperazine rings is 1. The molecule has 1 N–H and O–H groups in total. The molecule has 1 heterocycles. The van der Waals surface area contributed by atoms with Gasteiger partial charge >= 0.3 is 0 Å². The highest BCUT2D eigenvalue weighted by Crippen LogP contribution is 2.23. The summed E-state index contributed by atoms with van der Waals surface area (Å²) in [7, 11) is 1.61. The lowest BCUT2D eigenvalue weighted by Crippen LogP contribution is -2.60. The van der Waals surface area contributed by atoms with Gasteiger partial charge in [-0.15, -0.1) is 0 Å². The third-order valence-electron chi connectivity index (χ3n) is 3.87. The Balaban J connectivity index is 2.27. The number of hydrogen-bond donors (Lipinski definition) is 1. The van der Waals surface area contributed by atoms with E-state index in [1.165, 1.54) is 0 Å². The van der Waals surface area contributed by atoms with Gasteiger partial charge in [-0.3, -0.25) is 9.59 Å². The molecule has 21 heavy (non-hydrogen) atoms. The highest BCUT2D eigenvalue weighted by Gasteiger charge is 2.40. The van der Waals surface area contributed by atoms with Crippen molar-refractivity contribution in [3.8, 4) is 0 Å². The van der Waals surface area contributed by atoms with Crippen LogP contribution in [0, 0.1) is 0 Å². The first kappa shape index (κ1) is 15.5. The first-order valence-electron chi connectivity index (χ1n) is 7.27. The SMILES string of the molecule is CCC1C(=O)NC(c2ccccc2)C(=O)N1CC(C)OC. The maximum atomic E-state index is 12.7. The van der Waals surface area contributed by atoms with Gasteiger partial charge in [0, 0.05) is 13.7 Å². The second-order valence-corrected chi connectivity index (χ2v) is 5.31. The Morgan fingerprint density at radius 1 is 1.29 bits per heavy atom. The maximum Gasteiger partial charge on any atom is 0.250 e. The molecule has 0 radical (unpaired) electrons. The number of nitrogens with zero attached hydrogens (tertiary/aromatic N) is 1. The summed E-state index contributed by atoms with van der Waals surface area (Å²) < 4.78 is 5.24. The molecule has 1 fully saturated rings. The summed E-state index contributed by atoms with van der Waals surface area (Å²) in [5.74, 6) is -0.175. The van der Waals surface area contributed by atoms with Gasteiger partial charge in [0.1, 0.15) is 12.1 Å². The summed E-state index contributed by atoms with van der Waals surface area (Å²) in [5, 5.41) is 2.83. The molecule has 114 valence electrons. The van der Waals surface area contributed by atoms with Crippen molar-refractivity contribution in [2.45, 2.75) is 38.5 Å². The Bertz CT molecular complexity index is 504. The monoisotopic (exact) mass is 290 g/mol. The molecule has 0 aliphatic carbocycles. The largest absolute Gasteiger partial charge is 0.380 e. The van der Waals surface area contributed by atoms with E-state index in [1.54, 1.807) is 12.0 Å². The minimum atomic E-state index is -0.606. The van der Waals surface area contributed by atoms with Gasteiger partial charge in [-0.1, -0.05) is 37.3 Å². The molecule has 5 nitrogen and oxygen atoms in total. The quantitative estimate of drug-likeness (QED) is 0.894. The number of rotatable bonds is 5. The molecule has 0 aromatic heterocycles. The minimum Gasteiger partial charge on any atom is -0.380 e. The van der Waals surface area contributed by atoms with Crippen molar-refractivity contribution in [2.24, 2.45) is 0 Å². The van der Waals surface area contributed by atoms with Crippen LogP contribution in [0.4, 0.5) is 0 Å². The van der Waals surface area contributed by atoms with Gasteiger partial charge in [-0.25, -0.2) is 0 Å². The van der Waals surface area contributed by atoms with Gasteiger partial charge in [0.25, 0.3) is 5.91 Å². The number of hydrogen-bond acceptors (Lipinski definition) is 3. The highest BCUT2D eigenvalue weighted by molar-refractivity contribution is 5.97. The molecular weight excluding hydrogens is 268 g/mol. The van der Waals surface area contributed by atoms with E-state index in [2.05, 4.69) is 5.32 Å². The zero-order valence-electron chi connectivity index (χ0n) is 12.7. The number of benzene rings is 1. The number of carbonyl (C=O) groups excluding carboxylic acids is 2. The minimum absolute atomic E-state index is 0.0726. The lowest BCUT2D eigenvalue weighted by Gasteiger charge is -2.39. The van der Waals surface area contributed by atoms with Crippen LogP contribution in [0.25, 0.3) is 0 Å². The Labute approximate surface area is 125 Å². The molecule has 0 saturated carbocycles. The van der Waals surface area contributed by atoms with E-state index in [1.807, 2.05) is 44.2 Å². The van der Waals surface area contributed by atoms with Crippen LogP contribution >= 0.6 is 0 Å². The Hall–Kier alpha value is -1.88. The summed E-state index contributed by atoms with van der Waals surface area (Å²) in [4.78, 5) is 26.7. The Kier molecular flexibility index (Phi) is 4.96. The molecule has 0 spiro atoms. The van der Waals surface area contributed by atoms with Crippen molar-refractivity contribution in [3.05, 3.63) is 35.9 Å². The smallest absolute Gasteiger partial charge is 0.250 e. The van der Waals surface area contributed by atoms with Crippen molar-refractivity contribution in [3.63, 3.8) is 0 Å². The number of carbonyl (C=O) groups is 2. The fraction of sp³-hybridized carbons (Fsp3) is 0.500. The average molecular weight is 290 g/mol. The van der Waals surface area contributed by atoms with Crippen LogP contribution in [0.5, 0.6) is 0 Å². The summed E-state index contributed by atoms with van der Waals surface area (Å²) in [5.41, 5.74) is 0.806. The van der Waals surface area contributed by atoms with E-state index < -0.39 is 12.1 Å². The van der Waals surface area contributed by atoms with Crippen LogP contribution in [0.3, 0.4) is 0 Å². The van der Waals surface area contributed by atoms with Gasteiger partial charge in [0.2, 0.25) is 5.91 Å². The van der Waals surface area contributed by atoms with Crippen molar-refractivity contribution in [1.82, 2.24) is 10.2 Å². The Morgan fingerprint density at radius 3 is 2.52 bits per heavy atom. The molecule has 1 aromatic carbocycles. The molecular formula is C16H22N2O3. The lowest BCUT2D eigenvalue weighted by molar-refractivity contribution is -0.151. The molecule has 1 aromatic rings. The van der Waals surface area contributed by atoms with Gasteiger partial charge in [-0.05, 0) is 18.9 Å². The maximum absolute atomic E-state index is 12.7. The van der Waals surface area contributed by atoms with E-state index in [-0.39, 0.29) is 17.9 Å². The van der Waals surface area contributed by atoms with E-state index in [0.717, 1.165) is 5.56 Å². The molecule has 3 atom stereocenters. The predicted molar refractivity (Wildman–Crippen MR) is 79.6 cm³/mol. The van der Waals surface area contributed by atoms with E-state index >= 15 is 0 Å². The van der Waals surface area contributed by atoms with Crippen LogP contribution in [0.2, 0.25) is 0 Å². The highest BCUT2D eigenvalue weighted by atomic mass is 16.5. The van der Waals surface area contributed by atoms with Gasteiger partial charge in [0.15, 0.2) is 0 Å². The van der Waals surface area contributed by atoms with Crippen LogP contribution < -0.4 is 5.32 Å². The van der Waals surface area contributed by atoms with E-state index in [4.69, 9.17) is 4.74 Å². The summed E-state index contributed by atoms with van der Waals surface area (Å²) in [6.07, 6.45) is 0.487. The first-order chi connectivity index (χ1) is 10.1. The van der Waals surface area contributed by atoms with E-state index in [0.29, 0.717) is 13.0 Å². The third kappa shape index (κ3) is 3.24. The lowest BCUT2D eigenvalue weighted by atomic mass is 9.99. The fourth-order valence-corrected chi connectivity index (χ4v) is 2.61. The molecule has 1 aliphatic rings. The molecule has 0 bridgehead atoms. The fourth-order valence-electron chi connectivity index (χ4n) is 2.61. The van der Waals surface area contributed by atoms with Crippen LogP contribution in [-0.4, -0.2) is 42.5 Å². The van der Waals surface area contributed by atoms with Crippen LogP contribution in [0.15, 0.2) is 30.3 Å². The molecule has 2 amide bonds. The topological polar surface area (TPSA) is 58.6 Å². The molecule has 5 heteroatoms. The second-order valence-electron chi connectivity index (χ2n) is 5.31. The van der Waals surface area contributed by atoms with Crippen molar-refractivity contribution in [2.75, 3.05) is 13.7 Å². The molecule has 3 unspecified atom stereocenters. The van der Waals surface area contributed by atoms with Crippen molar-refractivity contribution < 1.29 is 14.3 Å². The molecule has 1 saturated heterocycles. The van der Waals surface area contributed by atoms with Gasteiger partial charge in [0.05, 0.1) is 6.10 Å². The number of methoxy groups -OCH3 is 1. The third-order valence-corrected chi connectivity index (χ3v) is 3.87. The van der Waals surface area contributed by atoms with Gasteiger partial charge < -0.3 is 15.0 Å². The van der Waals surface area contributed by atoms with Crippen LogP contribution in [0.1, 0.15) is 31.9 Å². The van der Waals surface area contributed by atoms with Crippen molar-refractivity contribution >= 4 is 11.8 Å². The van der Waals surface area contributed by atoms with Crippen LogP contribution in [-0.2, 0) is 14.3 Å². The zero-order chi connectivity index (χ0) is 15.4. The second kappa shape index (κ2) is 6.72. The molecule has 1 aliphatic heterocycles. The standard InChI is InChI=1S/C16H22N2O3/c1-4-13-15(19)17-14(12-8-6-5-7-9-12)16(20)18(13)10-11(2)21-3/h5-9,11,13-14H,4,10H2,1-3H3,(H,17,19). The van der Waals surface area contributed by atoms with Crippen molar-refractivity contribution in [1.29, 1.82) is 0 Å². The normalized spacial score (nSPS) is 23.9. The number of ether oxygens (including phenoxy) is 1. The predicted octanol–water partition coefficient (Wildman–Crippen LogP) is 1.50. The average Bonchev–Trinajstić information content (AvgIpc) is 2.51. The van der Waals surface area contributed by atoms with Gasteiger partial charge in [-0.2, -0.15) is 0 Å². The molecule has 2 rings (SSSR count). The van der Waals surface area contributed by atoms with E-state index in [9.17, 15) is 9.59 Å². The first-order valence-corrected chi connectivity index (χ1v) is 7.27.